The molecule has 0 saturated carbocycles. The summed E-state index contributed by atoms with van der Waals surface area (Å²) in [5.74, 6) is -0.100. The number of piperidine rings is 1. The number of nitrogens with one attached hydrogen (secondary N) is 1. The van der Waals surface area contributed by atoms with Gasteiger partial charge in [0.25, 0.3) is 5.91 Å². The first-order chi connectivity index (χ1) is 9.63. The van der Waals surface area contributed by atoms with Crippen LogP contribution < -0.4 is 5.32 Å². The third-order valence-corrected chi connectivity index (χ3v) is 4.17. The van der Waals surface area contributed by atoms with Crippen LogP contribution in [-0.2, 0) is 4.79 Å². The van der Waals surface area contributed by atoms with E-state index in [9.17, 15) is 9.59 Å². The molecule has 2 rings (SSSR count). The fourth-order valence-corrected chi connectivity index (χ4v) is 3.01. The Labute approximate surface area is 119 Å². The SMILES string of the molecule is CCCN1CCC2(CC1)NC(=O)N(CCCC#N)C2=O. The van der Waals surface area contributed by atoms with Crippen LogP contribution in [0.4, 0.5) is 4.79 Å². The van der Waals surface area contributed by atoms with E-state index in [-0.39, 0.29) is 11.9 Å². The van der Waals surface area contributed by atoms with Gasteiger partial charge in [0.05, 0.1) is 6.07 Å². The summed E-state index contributed by atoms with van der Waals surface area (Å²) in [6.45, 7) is 5.24. The Morgan fingerprint density at radius 3 is 2.60 bits per heavy atom. The highest BCUT2D eigenvalue weighted by molar-refractivity contribution is 6.07. The van der Waals surface area contributed by atoms with Crippen molar-refractivity contribution < 1.29 is 9.59 Å². The molecule has 0 bridgehead atoms. The van der Waals surface area contributed by atoms with Crippen LogP contribution in [0.15, 0.2) is 0 Å². The van der Waals surface area contributed by atoms with Gasteiger partial charge in [0, 0.05) is 26.1 Å². The molecule has 1 spiro atoms. The molecule has 0 atom stereocenters. The van der Waals surface area contributed by atoms with Crippen molar-refractivity contribution >= 4 is 11.9 Å². The minimum Gasteiger partial charge on any atom is -0.323 e. The number of urea groups is 1. The fraction of sp³-hybridized carbons (Fsp3) is 0.786. The summed E-state index contributed by atoms with van der Waals surface area (Å²) in [6.07, 6.45) is 3.40. The molecule has 0 aliphatic carbocycles. The molecule has 2 fully saturated rings. The summed E-state index contributed by atoms with van der Waals surface area (Å²) in [7, 11) is 0. The molecule has 20 heavy (non-hydrogen) atoms. The maximum absolute atomic E-state index is 12.5. The average molecular weight is 278 g/mol. The van der Waals surface area contributed by atoms with Crippen molar-refractivity contribution in [2.45, 2.75) is 44.6 Å². The van der Waals surface area contributed by atoms with Gasteiger partial charge in [-0.3, -0.25) is 9.69 Å². The third-order valence-electron chi connectivity index (χ3n) is 4.17. The highest BCUT2D eigenvalue weighted by Crippen LogP contribution is 2.29. The number of nitriles is 1. The van der Waals surface area contributed by atoms with E-state index in [0.717, 1.165) is 26.1 Å². The topological polar surface area (TPSA) is 76.4 Å². The van der Waals surface area contributed by atoms with Crippen LogP contribution in [0.1, 0.15) is 39.0 Å². The zero-order valence-corrected chi connectivity index (χ0v) is 12.0. The summed E-state index contributed by atoms with van der Waals surface area (Å²) >= 11 is 0. The van der Waals surface area contributed by atoms with Crippen LogP contribution in [0.5, 0.6) is 0 Å². The molecule has 110 valence electrons. The van der Waals surface area contributed by atoms with E-state index in [2.05, 4.69) is 17.1 Å². The standard InChI is InChI=1S/C14H22N4O2/c1-2-8-17-10-5-14(6-11-17)12(19)18(13(20)16-14)9-4-3-7-15/h2-6,8-11H2,1H3,(H,16,20). The molecule has 6 heteroatoms. The van der Waals surface area contributed by atoms with Gasteiger partial charge >= 0.3 is 6.03 Å². The van der Waals surface area contributed by atoms with Gasteiger partial charge in [0.15, 0.2) is 0 Å². The molecule has 2 aliphatic heterocycles. The van der Waals surface area contributed by atoms with Gasteiger partial charge < -0.3 is 10.2 Å². The lowest BCUT2D eigenvalue weighted by molar-refractivity contribution is -0.133. The molecule has 1 N–H and O–H groups in total. The predicted molar refractivity (Wildman–Crippen MR) is 73.8 cm³/mol. The van der Waals surface area contributed by atoms with E-state index in [1.165, 1.54) is 4.90 Å². The van der Waals surface area contributed by atoms with Gasteiger partial charge in [-0.05, 0) is 32.2 Å². The Bertz CT molecular complexity index is 421. The maximum Gasteiger partial charge on any atom is 0.325 e. The van der Waals surface area contributed by atoms with Crippen LogP contribution in [0.3, 0.4) is 0 Å². The van der Waals surface area contributed by atoms with Gasteiger partial charge in [0.1, 0.15) is 5.54 Å². The second kappa shape index (κ2) is 6.23. The first-order valence-corrected chi connectivity index (χ1v) is 7.36. The van der Waals surface area contributed by atoms with Crippen molar-refractivity contribution in [2.24, 2.45) is 0 Å². The normalized spacial score (nSPS) is 22.1. The minimum atomic E-state index is -0.687. The maximum atomic E-state index is 12.5. The second-order valence-corrected chi connectivity index (χ2v) is 5.57. The van der Waals surface area contributed by atoms with Crippen molar-refractivity contribution in [2.75, 3.05) is 26.2 Å². The summed E-state index contributed by atoms with van der Waals surface area (Å²) in [5, 5.41) is 11.4. The summed E-state index contributed by atoms with van der Waals surface area (Å²) in [6, 6.07) is 1.74. The molecule has 0 radical (unpaired) electrons. The number of unbranched alkanes of at least 4 members (excludes halogenated alkanes) is 1. The van der Waals surface area contributed by atoms with Gasteiger partial charge in [-0.15, -0.1) is 0 Å². The van der Waals surface area contributed by atoms with Crippen LogP contribution in [0.25, 0.3) is 0 Å². The van der Waals surface area contributed by atoms with Crippen molar-refractivity contribution in [3.8, 4) is 6.07 Å². The molecular weight excluding hydrogens is 256 g/mol. The van der Waals surface area contributed by atoms with E-state index in [1.54, 1.807) is 0 Å². The van der Waals surface area contributed by atoms with Crippen molar-refractivity contribution in [1.82, 2.24) is 15.1 Å². The van der Waals surface area contributed by atoms with Crippen molar-refractivity contribution in [3.05, 3.63) is 0 Å². The number of rotatable bonds is 5. The first kappa shape index (κ1) is 14.8. The molecule has 0 aromatic carbocycles. The van der Waals surface area contributed by atoms with Gasteiger partial charge in [-0.25, -0.2) is 4.79 Å². The Morgan fingerprint density at radius 2 is 2.00 bits per heavy atom. The number of imide groups is 1. The third kappa shape index (κ3) is 2.78. The Hall–Kier alpha value is -1.61. The quantitative estimate of drug-likeness (QED) is 0.603. The first-order valence-electron chi connectivity index (χ1n) is 7.36. The Balaban J connectivity index is 1.96. The number of carbonyl (C=O) groups is 2. The lowest BCUT2D eigenvalue weighted by Crippen LogP contribution is -2.55. The average Bonchev–Trinajstić information content (AvgIpc) is 2.66. The zero-order chi connectivity index (χ0) is 14.6. The van der Waals surface area contributed by atoms with Crippen molar-refractivity contribution in [3.63, 3.8) is 0 Å². The number of likely N-dealkylation sites (tertiary alicyclic amines) is 1. The van der Waals surface area contributed by atoms with E-state index in [1.807, 2.05) is 6.07 Å². The highest BCUT2D eigenvalue weighted by atomic mass is 16.2. The number of hydrogen-bond acceptors (Lipinski definition) is 4. The molecular formula is C14H22N4O2. The van der Waals surface area contributed by atoms with E-state index in [4.69, 9.17) is 5.26 Å². The zero-order valence-electron chi connectivity index (χ0n) is 12.0. The lowest BCUT2D eigenvalue weighted by Gasteiger charge is -2.37. The molecule has 0 aromatic rings. The van der Waals surface area contributed by atoms with Gasteiger partial charge in [0.2, 0.25) is 0 Å². The monoisotopic (exact) mass is 278 g/mol. The second-order valence-electron chi connectivity index (χ2n) is 5.57. The summed E-state index contributed by atoms with van der Waals surface area (Å²) in [4.78, 5) is 28.1. The molecule has 2 heterocycles. The van der Waals surface area contributed by atoms with Gasteiger partial charge in [-0.1, -0.05) is 6.92 Å². The van der Waals surface area contributed by atoms with Gasteiger partial charge in [-0.2, -0.15) is 5.26 Å². The molecule has 3 amide bonds. The molecule has 0 aromatic heterocycles. The summed E-state index contributed by atoms with van der Waals surface area (Å²) < 4.78 is 0. The minimum absolute atomic E-state index is 0.100. The van der Waals surface area contributed by atoms with E-state index >= 15 is 0 Å². The smallest absolute Gasteiger partial charge is 0.323 e. The molecule has 0 unspecified atom stereocenters. The molecule has 6 nitrogen and oxygen atoms in total. The molecule has 2 saturated heterocycles. The molecule has 2 aliphatic rings. The van der Waals surface area contributed by atoms with E-state index < -0.39 is 5.54 Å². The highest BCUT2D eigenvalue weighted by Gasteiger charge is 2.51. The number of hydrogen-bond donors (Lipinski definition) is 1. The van der Waals surface area contributed by atoms with Crippen LogP contribution >= 0.6 is 0 Å². The van der Waals surface area contributed by atoms with Crippen molar-refractivity contribution in [1.29, 1.82) is 5.26 Å². The number of nitrogens with zero attached hydrogens (tertiary/aromatic N) is 3. The largest absolute Gasteiger partial charge is 0.325 e. The summed E-state index contributed by atoms with van der Waals surface area (Å²) in [5.41, 5.74) is -0.687. The van der Waals surface area contributed by atoms with Crippen LogP contribution in [-0.4, -0.2) is 53.5 Å². The lowest BCUT2D eigenvalue weighted by atomic mass is 9.87. The number of carbonyl (C=O) groups excluding carboxylic acids is 2. The predicted octanol–water partition coefficient (Wildman–Crippen LogP) is 1.09. The fourth-order valence-electron chi connectivity index (χ4n) is 3.01. The van der Waals surface area contributed by atoms with Crippen LogP contribution in [0, 0.1) is 11.3 Å². The van der Waals surface area contributed by atoms with E-state index in [0.29, 0.717) is 32.2 Å². The Morgan fingerprint density at radius 1 is 1.30 bits per heavy atom. The Kier molecular flexibility index (Phi) is 4.61. The number of amides is 3. The van der Waals surface area contributed by atoms with Crippen LogP contribution in [0.2, 0.25) is 0 Å².